The van der Waals surface area contributed by atoms with Gasteiger partial charge in [-0.25, -0.2) is 18.8 Å². The third-order valence-corrected chi connectivity index (χ3v) is 3.63. The van der Waals surface area contributed by atoms with Crippen LogP contribution in [0.3, 0.4) is 0 Å². The van der Waals surface area contributed by atoms with Gasteiger partial charge in [-0.05, 0) is 24.4 Å². The van der Waals surface area contributed by atoms with Crippen molar-refractivity contribution in [1.82, 2.24) is 15.8 Å². The molecule has 0 aliphatic heterocycles. The first-order chi connectivity index (χ1) is 7.92. The van der Waals surface area contributed by atoms with Crippen LogP contribution in [0.4, 0.5) is 0 Å². The summed E-state index contributed by atoms with van der Waals surface area (Å²) in [5.74, 6) is -0.143. The second-order valence-electron chi connectivity index (χ2n) is 3.03. The smallest absolute Gasteiger partial charge is 0.196 e. The Hall–Kier alpha value is -0.960. The van der Waals surface area contributed by atoms with E-state index in [9.17, 15) is 8.42 Å². The molecular weight excluding hydrogens is 284 g/mol. The number of thiocarbonyl (C=S) groups is 1. The molecule has 0 bridgehead atoms. The lowest BCUT2D eigenvalue weighted by Gasteiger charge is -2.06. The van der Waals surface area contributed by atoms with Gasteiger partial charge in [-0.1, -0.05) is 17.7 Å². The molecule has 6 nitrogen and oxygen atoms in total. The summed E-state index contributed by atoms with van der Waals surface area (Å²) >= 11 is 10.2. The predicted molar refractivity (Wildman–Crippen MR) is 69.2 cm³/mol. The average Bonchev–Trinajstić information content (AvgIpc) is 2.24. The number of hydrogen-bond donors (Lipinski definition) is 3. The van der Waals surface area contributed by atoms with E-state index in [1.54, 1.807) is 0 Å². The third kappa shape index (κ3) is 4.82. The van der Waals surface area contributed by atoms with E-state index in [0.29, 0.717) is 0 Å². The molecule has 1 heterocycles. The Kier molecular flexibility index (Phi) is 5.06. The zero-order chi connectivity index (χ0) is 12.9. The molecule has 0 aromatic carbocycles. The van der Waals surface area contributed by atoms with Crippen molar-refractivity contribution in [3.05, 3.63) is 23.4 Å². The minimum absolute atomic E-state index is 0.0447. The van der Waals surface area contributed by atoms with Crippen LogP contribution in [0, 0.1) is 0 Å². The second-order valence-corrected chi connectivity index (χ2v) is 5.92. The number of sulfone groups is 1. The van der Waals surface area contributed by atoms with Crippen molar-refractivity contribution >= 4 is 38.8 Å². The number of aromatic nitrogens is 1. The highest BCUT2D eigenvalue weighted by Crippen LogP contribution is 2.11. The van der Waals surface area contributed by atoms with E-state index in [4.69, 9.17) is 17.3 Å². The molecule has 0 saturated heterocycles. The van der Waals surface area contributed by atoms with Crippen LogP contribution in [0.1, 0.15) is 0 Å². The zero-order valence-corrected chi connectivity index (χ0v) is 11.1. The molecule has 1 aromatic heterocycles. The second kappa shape index (κ2) is 6.10. The topological polar surface area (TPSA) is 97.1 Å². The van der Waals surface area contributed by atoms with Gasteiger partial charge in [0.2, 0.25) is 0 Å². The van der Waals surface area contributed by atoms with Gasteiger partial charge >= 0.3 is 0 Å². The van der Waals surface area contributed by atoms with Crippen LogP contribution in [0.5, 0.6) is 0 Å². The third-order valence-electron chi connectivity index (χ3n) is 1.72. The van der Waals surface area contributed by atoms with Gasteiger partial charge in [0, 0.05) is 6.54 Å². The van der Waals surface area contributed by atoms with Crippen LogP contribution >= 0.6 is 23.8 Å². The van der Waals surface area contributed by atoms with Gasteiger partial charge in [-0.3, -0.25) is 5.43 Å². The largest absolute Gasteiger partial charge is 0.375 e. The lowest BCUT2D eigenvalue weighted by atomic mass is 10.5. The highest BCUT2D eigenvalue weighted by atomic mass is 35.5. The van der Waals surface area contributed by atoms with Crippen LogP contribution in [-0.4, -0.2) is 30.8 Å². The fourth-order valence-electron chi connectivity index (χ4n) is 1.00. The van der Waals surface area contributed by atoms with E-state index in [1.807, 2.05) is 0 Å². The first-order valence-electron chi connectivity index (χ1n) is 4.55. The van der Waals surface area contributed by atoms with E-state index < -0.39 is 9.84 Å². The normalized spacial score (nSPS) is 11.1. The molecule has 0 radical (unpaired) electrons. The molecule has 94 valence electrons. The zero-order valence-electron chi connectivity index (χ0n) is 8.68. The fraction of sp³-hybridized carbons (Fsp3) is 0.250. The standard InChI is InChI=1S/C8H11ClN4O2S2/c9-6-2-1-3-7(12-6)17(14,15)5-4-11-13-8(10)16/h1-3,11H,4-5H2,(H3,10,13,16). The van der Waals surface area contributed by atoms with Crippen molar-refractivity contribution < 1.29 is 8.42 Å². The lowest BCUT2D eigenvalue weighted by molar-refractivity contribution is 0.584. The van der Waals surface area contributed by atoms with Gasteiger partial charge in [-0.2, -0.15) is 0 Å². The number of hydrogen-bond acceptors (Lipinski definition) is 5. The number of rotatable bonds is 5. The minimum Gasteiger partial charge on any atom is -0.375 e. The van der Waals surface area contributed by atoms with Crippen LogP contribution in [0.25, 0.3) is 0 Å². The number of nitrogens with zero attached hydrogens (tertiary/aromatic N) is 1. The molecule has 17 heavy (non-hydrogen) atoms. The molecule has 4 N–H and O–H groups in total. The number of hydrazine groups is 1. The van der Waals surface area contributed by atoms with E-state index in [0.717, 1.165) is 0 Å². The first-order valence-corrected chi connectivity index (χ1v) is 6.99. The van der Waals surface area contributed by atoms with Gasteiger partial charge in [0.1, 0.15) is 5.15 Å². The summed E-state index contributed by atoms with van der Waals surface area (Å²) in [4.78, 5) is 3.74. The molecule has 0 aliphatic carbocycles. The maximum atomic E-state index is 11.8. The van der Waals surface area contributed by atoms with E-state index >= 15 is 0 Å². The first kappa shape index (κ1) is 14.1. The van der Waals surface area contributed by atoms with Crippen molar-refractivity contribution in [2.75, 3.05) is 12.3 Å². The monoisotopic (exact) mass is 294 g/mol. The van der Waals surface area contributed by atoms with Crippen molar-refractivity contribution in [2.24, 2.45) is 5.73 Å². The fourth-order valence-corrected chi connectivity index (χ4v) is 2.39. The summed E-state index contributed by atoms with van der Waals surface area (Å²) in [6.07, 6.45) is 0. The maximum Gasteiger partial charge on any atom is 0.196 e. The number of nitrogens with two attached hydrogens (primary N) is 1. The highest BCUT2D eigenvalue weighted by Gasteiger charge is 2.15. The number of pyridine rings is 1. The molecule has 0 aliphatic rings. The van der Waals surface area contributed by atoms with E-state index in [2.05, 4.69) is 28.1 Å². The summed E-state index contributed by atoms with van der Waals surface area (Å²) in [5, 5.41) is 0.130. The molecule has 1 aromatic rings. The Balaban J connectivity index is 2.60. The molecule has 0 saturated carbocycles. The Morgan fingerprint density at radius 1 is 1.53 bits per heavy atom. The van der Waals surface area contributed by atoms with Crippen molar-refractivity contribution in [1.29, 1.82) is 0 Å². The Labute approximate surface area is 109 Å². The van der Waals surface area contributed by atoms with Crippen LogP contribution in [-0.2, 0) is 9.84 Å². The predicted octanol–water partition coefficient (Wildman–Crippen LogP) is -0.153. The molecular formula is C8H11ClN4O2S2. The maximum absolute atomic E-state index is 11.8. The summed E-state index contributed by atoms with van der Waals surface area (Å²) in [5.41, 5.74) is 10.2. The Bertz CT molecular complexity index is 506. The SMILES string of the molecule is NC(=S)NNCCS(=O)(=O)c1cccc(Cl)n1. The Morgan fingerprint density at radius 3 is 2.82 bits per heavy atom. The van der Waals surface area contributed by atoms with Gasteiger partial charge in [-0.15, -0.1) is 0 Å². The lowest BCUT2D eigenvalue weighted by Crippen LogP contribution is -2.42. The number of nitrogens with one attached hydrogen (secondary N) is 2. The Morgan fingerprint density at radius 2 is 2.24 bits per heavy atom. The minimum atomic E-state index is -3.46. The van der Waals surface area contributed by atoms with Gasteiger partial charge in [0.25, 0.3) is 0 Å². The summed E-state index contributed by atoms with van der Waals surface area (Å²) in [6.45, 7) is 0.147. The van der Waals surface area contributed by atoms with Crippen LogP contribution < -0.4 is 16.6 Å². The highest BCUT2D eigenvalue weighted by molar-refractivity contribution is 7.91. The van der Waals surface area contributed by atoms with Crippen molar-refractivity contribution in [3.8, 4) is 0 Å². The van der Waals surface area contributed by atoms with Crippen molar-refractivity contribution in [2.45, 2.75) is 5.03 Å². The summed E-state index contributed by atoms with van der Waals surface area (Å²) in [7, 11) is -3.46. The molecule has 9 heteroatoms. The van der Waals surface area contributed by atoms with Gasteiger partial charge in [0.05, 0.1) is 5.75 Å². The van der Waals surface area contributed by atoms with Crippen LogP contribution in [0.15, 0.2) is 23.2 Å². The average molecular weight is 295 g/mol. The molecule has 0 spiro atoms. The molecule has 0 unspecified atom stereocenters. The van der Waals surface area contributed by atoms with Gasteiger partial charge < -0.3 is 5.73 Å². The summed E-state index contributed by atoms with van der Waals surface area (Å²) in [6, 6.07) is 4.43. The van der Waals surface area contributed by atoms with E-state index in [1.165, 1.54) is 18.2 Å². The molecule has 0 fully saturated rings. The number of halogens is 1. The van der Waals surface area contributed by atoms with Gasteiger partial charge in [0.15, 0.2) is 20.0 Å². The molecule has 0 atom stereocenters. The van der Waals surface area contributed by atoms with Crippen LogP contribution in [0.2, 0.25) is 5.15 Å². The molecule has 0 amide bonds. The quantitative estimate of drug-likeness (QED) is 0.301. The van der Waals surface area contributed by atoms with E-state index in [-0.39, 0.29) is 27.6 Å². The molecule has 1 rings (SSSR count). The summed E-state index contributed by atoms with van der Waals surface area (Å²) < 4.78 is 23.6. The van der Waals surface area contributed by atoms with Crippen molar-refractivity contribution in [3.63, 3.8) is 0 Å².